The van der Waals surface area contributed by atoms with E-state index in [1.165, 1.54) is 5.56 Å². The van der Waals surface area contributed by atoms with Crippen LogP contribution >= 0.6 is 0 Å². The van der Waals surface area contributed by atoms with Crippen molar-refractivity contribution >= 4 is 28.6 Å². The normalized spacial score (nSPS) is 17.1. The number of amides is 1. The summed E-state index contributed by atoms with van der Waals surface area (Å²) in [6.07, 6.45) is 4.30. The number of piperazine rings is 1. The molecule has 0 N–H and O–H groups in total. The molecule has 1 amide bonds. The second-order valence-corrected chi connectivity index (χ2v) is 7.26. The Hall–Kier alpha value is -3.06. The topological polar surface area (TPSA) is 65.5 Å². The van der Waals surface area contributed by atoms with Gasteiger partial charge >= 0.3 is 0 Å². The number of carbonyl (C=O) groups is 1. The Kier molecular flexibility index (Phi) is 4.37. The van der Waals surface area contributed by atoms with Crippen LogP contribution in [0.3, 0.4) is 0 Å². The molecule has 7 nitrogen and oxygen atoms in total. The standard InChI is InChI=1S/C21H22N6O/c28-20(27-10-7-16-3-1-2-4-18(16)27)15-25-11-13-26(14-12-25)19-6-5-17-21(24-19)23-9-8-22-17/h1-6,8-9H,7,10-15H2. The minimum Gasteiger partial charge on any atom is -0.354 e. The van der Waals surface area contributed by atoms with Crippen LogP contribution in [0.1, 0.15) is 5.56 Å². The van der Waals surface area contributed by atoms with Crippen molar-refractivity contribution in [3.05, 3.63) is 54.4 Å². The maximum atomic E-state index is 12.8. The van der Waals surface area contributed by atoms with E-state index in [2.05, 4.69) is 30.8 Å². The van der Waals surface area contributed by atoms with Crippen LogP contribution in [0.15, 0.2) is 48.8 Å². The highest BCUT2D eigenvalue weighted by Gasteiger charge is 2.27. The molecule has 28 heavy (non-hydrogen) atoms. The molecule has 0 atom stereocenters. The van der Waals surface area contributed by atoms with Crippen LogP contribution in [0.25, 0.3) is 11.2 Å². The molecule has 0 spiro atoms. The van der Waals surface area contributed by atoms with E-state index >= 15 is 0 Å². The van der Waals surface area contributed by atoms with Crippen molar-refractivity contribution in [2.45, 2.75) is 6.42 Å². The maximum Gasteiger partial charge on any atom is 0.241 e. The van der Waals surface area contributed by atoms with E-state index in [0.717, 1.165) is 56.2 Å². The summed E-state index contributed by atoms with van der Waals surface area (Å²) < 4.78 is 0. The molecule has 0 saturated carbocycles. The molecule has 1 saturated heterocycles. The number of rotatable bonds is 3. The van der Waals surface area contributed by atoms with Gasteiger partial charge in [0.15, 0.2) is 5.65 Å². The van der Waals surface area contributed by atoms with Crippen molar-refractivity contribution < 1.29 is 4.79 Å². The number of carbonyl (C=O) groups excluding carboxylic acids is 1. The van der Waals surface area contributed by atoms with Crippen molar-refractivity contribution in [2.75, 3.05) is 49.1 Å². The monoisotopic (exact) mass is 374 g/mol. The molecule has 2 aliphatic rings. The molecule has 0 radical (unpaired) electrons. The van der Waals surface area contributed by atoms with E-state index in [-0.39, 0.29) is 5.91 Å². The number of nitrogens with zero attached hydrogens (tertiary/aromatic N) is 6. The van der Waals surface area contributed by atoms with E-state index in [1.807, 2.05) is 35.2 Å². The number of fused-ring (bicyclic) bond motifs is 2. The Labute approximate surface area is 163 Å². The van der Waals surface area contributed by atoms with Gasteiger partial charge < -0.3 is 9.80 Å². The molecule has 0 aliphatic carbocycles. The second kappa shape index (κ2) is 7.16. The summed E-state index contributed by atoms with van der Waals surface area (Å²) >= 11 is 0. The van der Waals surface area contributed by atoms with Gasteiger partial charge in [0.25, 0.3) is 0 Å². The molecule has 2 aliphatic heterocycles. The molecular formula is C21H22N6O. The van der Waals surface area contributed by atoms with Gasteiger partial charge in [0, 0.05) is 50.8 Å². The highest BCUT2D eigenvalue weighted by Crippen LogP contribution is 2.27. The summed E-state index contributed by atoms with van der Waals surface area (Å²) in [7, 11) is 0. The first-order valence-corrected chi connectivity index (χ1v) is 9.71. The van der Waals surface area contributed by atoms with Crippen molar-refractivity contribution in [3.63, 3.8) is 0 Å². The van der Waals surface area contributed by atoms with Crippen LogP contribution < -0.4 is 9.80 Å². The Balaban J connectivity index is 1.21. The molecule has 5 rings (SSSR count). The molecule has 142 valence electrons. The van der Waals surface area contributed by atoms with Gasteiger partial charge in [-0.3, -0.25) is 14.7 Å². The van der Waals surface area contributed by atoms with E-state index < -0.39 is 0 Å². The fourth-order valence-corrected chi connectivity index (χ4v) is 4.03. The van der Waals surface area contributed by atoms with E-state index in [4.69, 9.17) is 0 Å². The van der Waals surface area contributed by atoms with E-state index in [0.29, 0.717) is 12.2 Å². The zero-order valence-electron chi connectivity index (χ0n) is 15.7. The zero-order chi connectivity index (χ0) is 18.9. The van der Waals surface area contributed by atoms with Gasteiger partial charge in [-0.05, 0) is 30.2 Å². The van der Waals surface area contributed by atoms with Gasteiger partial charge in [-0.25, -0.2) is 9.97 Å². The fraction of sp³-hybridized carbons (Fsp3) is 0.333. The van der Waals surface area contributed by atoms with E-state index in [1.54, 1.807) is 12.4 Å². The van der Waals surface area contributed by atoms with E-state index in [9.17, 15) is 4.79 Å². The lowest BCUT2D eigenvalue weighted by Crippen LogP contribution is -2.50. The van der Waals surface area contributed by atoms with Crippen molar-refractivity contribution in [2.24, 2.45) is 0 Å². The predicted molar refractivity (Wildman–Crippen MR) is 108 cm³/mol. The van der Waals surface area contributed by atoms with Gasteiger partial charge in [-0.15, -0.1) is 0 Å². The number of aromatic nitrogens is 3. The third-order valence-corrected chi connectivity index (χ3v) is 5.56. The van der Waals surface area contributed by atoms with Crippen LogP contribution in [0, 0.1) is 0 Å². The van der Waals surface area contributed by atoms with Gasteiger partial charge in [0.05, 0.1) is 6.54 Å². The Bertz CT molecular complexity index is 1010. The predicted octanol–water partition coefficient (Wildman–Crippen LogP) is 1.74. The van der Waals surface area contributed by atoms with Gasteiger partial charge in [-0.1, -0.05) is 18.2 Å². The van der Waals surface area contributed by atoms with Crippen LogP contribution in [0.2, 0.25) is 0 Å². The minimum atomic E-state index is 0.192. The van der Waals surface area contributed by atoms with Crippen molar-refractivity contribution in [1.82, 2.24) is 19.9 Å². The summed E-state index contributed by atoms with van der Waals surface area (Å²) in [5.74, 6) is 1.12. The quantitative estimate of drug-likeness (QED) is 0.696. The summed E-state index contributed by atoms with van der Waals surface area (Å²) in [6.45, 7) is 4.66. The van der Waals surface area contributed by atoms with Crippen molar-refractivity contribution in [1.29, 1.82) is 0 Å². The van der Waals surface area contributed by atoms with Gasteiger partial charge in [0.2, 0.25) is 5.91 Å². The number of benzene rings is 1. The number of anilines is 2. The summed E-state index contributed by atoms with van der Waals surface area (Å²) in [4.78, 5) is 32.4. The Morgan fingerprint density at radius 1 is 0.929 bits per heavy atom. The number of para-hydroxylation sites is 1. The lowest BCUT2D eigenvalue weighted by Gasteiger charge is -2.35. The highest BCUT2D eigenvalue weighted by atomic mass is 16.2. The highest BCUT2D eigenvalue weighted by molar-refractivity contribution is 5.96. The molecular weight excluding hydrogens is 352 g/mol. The van der Waals surface area contributed by atoms with Gasteiger partial charge in [-0.2, -0.15) is 0 Å². The lowest BCUT2D eigenvalue weighted by molar-refractivity contribution is -0.119. The first-order chi connectivity index (χ1) is 13.8. The molecule has 0 unspecified atom stereocenters. The van der Waals surface area contributed by atoms with Crippen LogP contribution in [-0.2, 0) is 11.2 Å². The summed E-state index contributed by atoms with van der Waals surface area (Å²) in [6, 6.07) is 12.2. The molecule has 0 bridgehead atoms. The first-order valence-electron chi connectivity index (χ1n) is 9.71. The average Bonchev–Trinajstić information content (AvgIpc) is 3.18. The minimum absolute atomic E-state index is 0.192. The fourth-order valence-electron chi connectivity index (χ4n) is 4.03. The van der Waals surface area contributed by atoms with Crippen LogP contribution in [0.4, 0.5) is 11.5 Å². The van der Waals surface area contributed by atoms with Gasteiger partial charge in [0.1, 0.15) is 11.3 Å². The third kappa shape index (κ3) is 3.18. The molecule has 1 fully saturated rings. The molecule has 3 aromatic rings. The zero-order valence-corrected chi connectivity index (χ0v) is 15.7. The number of hydrogen-bond acceptors (Lipinski definition) is 6. The van der Waals surface area contributed by atoms with Crippen LogP contribution in [-0.4, -0.2) is 65.0 Å². The first kappa shape index (κ1) is 17.1. The molecule has 1 aromatic carbocycles. The molecule has 4 heterocycles. The Morgan fingerprint density at radius 3 is 2.64 bits per heavy atom. The largest absolute Gasteiger partial charge is 0.354 e. The van der Waals surface area contributed by atoms with Crippen molar-refractivity contribution in [3.8, 4) is 0 Å². The Morgan fingerprint density at radius 2 is 1.75 bits per heavy atom. The summed E-state index contributed by atoms with van der Waals surface area (Å²) in [5.41, 5.74) is 3.82. The van der Waals surface area contributed by atoms with Crippen LogP contribution in [0.5, 0.6) is 0 Å². The second-order valence-electron chi connectivity index (χ2n) is 7.26. The number of hydrogen-bond donors (Lipinski definition) is 0. The maximum absolute atomic E-state index is 12.8. The average molecular weight is 374 g/mol. The SMILES string of the molecule is O=C(CN1CCN(c2ccc3nccnc3n2)CC1)N1CCc2ccccc21. The molecule has 2 aromatic heterocycles. The molecule has 7 heteroatoms. The summed E-state index contributed by atoms with van der Waals surface area (Å²) in [5, 5.41) is 0. The lowest BCUT2D eigenvalue weighted by atomic mass is 10.2. The third-order valence-electron chi connectivity index (χ3n) is 5.56. The number of pyridine rings is 1. The smallest absolute Gasteiger partial charge is 0.241 e.